The highest BCUT2D eigenvalue weighted by Gasteiger charge is 2.24. The number of nitrogen functional groups attached to an aromatic ring is 1. The van der Waals surface area contributed by atoms with Gasteiger partial charge in [-0.2, -0.15) is 0 Å². The van der Waals surface area contributed by atoms with Crippen molar-refractivity contribution in [2.75, 3.05) is 45.6 Å². The van der Waals surface area contributed by atoms with E-state index < -0.39 is 6.09 Å². The third kappa shape index (κ3) is 7.20. The molecule has 1 saturated heterocycles. The number of nitrogens with one attached hydrogen (secondary N) is 2. The molecule has 1 fully saturated rings. The molecule has 1 unspecified atom stereocenters. The number of ether oxygens (including phenoxy) is 2. The molecule has 1 heterocycles. The molecule has 10 heteroatoms. The topological polar surface area (TPSA) is 126 Å². The molecular weight excluding hydrogens is 508 g/mol. The third-order valence-electron chi connectivity index (χ3n) is 6.80. The molecule has 2 amide bonds. The molecule has 1 aliphatic rings. The molecule has 0 spiro atoms. The van der Waals surface area contributed by atoms with Gasteiger partial charge in [0.05, 0.1) is 29.4 Å². The van der Waals surface area contributed by atoms with Crippen LogP contribution in [0.5, 0.6) is 11.5 Å². The minimum atomic E-state index is -1.08. The SMILES string of the molecule is COc1cc(N)c(Cl)cc1C(=O)NCC1CCN(CC(COc2ccc3ccccc3c2)NC(=O)O)CC1. The molecular formula is C28H33ClN4O5. The zero-order valence-corrected chi connectivity index (χ0v) is 22.0. The van der Waals surface area contributed by atoms with Crippen LogP contribution in [0.4, 0.5) is 10.5 Å². The van der Waals surface area contributed by atoms with Gasteiger partial charge in [0, 0.05) is 19.2 Å². The zero-order chi connectivity index (χ0) is 27.1. The monoisotopic (exact) mass is 540 g/mol. The van der Waals surface area contributed by atoms with Crippen LogP contribution in [0.2, 0.25) is 5.02 Å². The van der Waals surface area contributed by atoms with Gasteiger partial charge in [-0.05, 0) is 60.8 Å². The van der Waals surface area contributed by atoms with E-state index in [2.05, 4.69) is 15.5 Å². The van der Waals surface area contributed by atoms with Crippen molar-refractivity contribution >= 4 is 40.1 Å². The van der Waals surface area contributed by atoms with E-state index >= 15 is 0 Å². The van der Waals surface area contributed by atoms with E-state index in [4.69, 9.17) is 26.8 Å². The van der Waals surface area contributed by atoms with Crippen LogP contribution in [-0.2, 0) is 0 Å². The van der Waals surface area contributed by atoms with Gasteiger partial charge in [0.15, 0.2) is 0 Å². The van der Waals surface area contributed by atoms with Crippen molar-refractivity contribution in [3.63, 3.8) is 0 Å². The molecule has 0 radical (unpaired) electrons. The first-order valence-electron chi connectivity index (χ1n) is 12.6. The Labute approximate surface area is 226 Å². The summed E-state index contributed by atoms with van der Waals surface area (Å²) >= 11 is 6.09. The number of hydrogen-bond acceptors (Lipinski definition) is 6. The lowest BCUT2D eigenvalue weighted by Gasteiger charge is -2.34. The predicted octanol–water partition coefficient (Wildman–Crippen LogP) is 4.24. The van der Waals surface area contributed by atoms with Crippen molar-refractivity contribution < 1.29 is 24.2 Å². The molecule has 0 bridgehead atoms. The normalized spacial score (nSPS) is 15.1. The van der Waals surface area contributed by atoms with Crippen LogP contribution in [0, 0.1) is 5.92 Å². The molecule has 38 heavy (non-hydrogen) atoms. The molecule has 4 rings (SSSR count). The van der Waals surface area contributed by atoms with Crippen molar-refractivity contribution in [2.45, 2.75) is 18.9 Å². The van der Waals surface area contributed by atoms with Gasteiger partial charge in [-0.15, -0.1) is 0 Å². The summed E-state index contributed by atoms with van der Waals surface area (Å²) in [5, 5.41) is 17.4. The van der Waals surface area contributed by atoms with Crippen molar-refractivity contribution in [1.82, 2.24) is 15.5 Å². The highest BCUT2D eigenvalue weighted by Crippen LogP contribution is 2.29. The Morgan fingerprint density at radius 2 is 1.87 bits per heavy atom. The lowest BCUT2D eigenvalue weighted by molar-refractivity contribution is 0.0929. The number of anilines is 1. The Kier molecular flexibility index (Phi) is 9.15. The number of piperidine rings is 1. The summed E-state index contributed by atoms with van der Waals surface area (Å²) in [6, 6.07) is 16.5. The Hall–Kier alpha value is -3.69. The van der Waals surface area contributed by atoms with E-state index in [0.717, 1.165) is 36.7 Å². The van der Waals surface area contributed by atoms with E-state index in [1.165, 1.54) is 13.2 Å². The number of benzene rings is 3. The Morgan fingerprint density at radius 3 is 2.58 bits per heavy atom. The number of fused-ring (bicyclic) bond motifs is 1. The first-order chi connectivity index (χ1) is 18.3. The number of nitrogens with two attached hydrogens (primary N) is 1. The van der Waals surface area contributed by atoms with Gasteiger partial charge in [-0.1, -0.05) is 41.9 Å². The van der Waals surface area contributed by atoms with Crippen molar-refractivity contribution in [1.29, 1.82) is 0 Å². The average Bonchev–Trinajstić information content (AvgIpc) is 2.92. The first kappa shape index (κ1) is 27.3. The highest BCUT2D eigenvalue weighted by molar-refractivity contribution is 6.33. The Morgan fingerprint density at radius 1 is 1.13 bits per heavy atom. The number of amides is 2. The second-order valence-electron chi connectivity index (χ2n) is 9.49. The quantitative estimate of drug-likeness (QED) is 0.283. The summed E-state index contributed by atoms with van der Waals surface area (Å²) in [5.41, 5.74) is 6.50. The fourth-order valence-corrected chi connectivity index (χ4v) is 4.86. The summed E-state index contributed by atoms with van der Waals surface area (Å²) in [6.45, 7) is 2.89. The van der Waals surface area contributed by atoms with E-state index in [0.29, 0.717) is 46.8 Å². The summed E-state index contributed by atoms with van der Waals surface area (Å²) in [4.78, 5) is 26.3. The summed E-state index contributed by atoms with van der Waals surface area (Å²) in [6.07, 6.45) is 0.684. The van der Waals surface area contributed by atoms with Crippen LogP contribution in [0.25, 0.3) is 10.8 Å². The lowest BCUT2D eigenvalue weighted by atomic mass is 9.96. The van der Waals surface area contributed by atoms with Crippen molar-refractivity contribution in [3.05, 3.63) is 65.2 Å². The molecule has 5 N–H and O–H groups in total. The number of nitrogens with zero attached hydrogens (tertiary/aromatic N) is 1. The maximum absolute atomic E-state index is 12.7. The largest absolute Gasteiger partial charge is 0.496 e. The number of carboxylic acid groups (broad SMARTS) is 1. The smallest absolute Gasteiger partial charge is 0.405 e. The third-order valence-corrected chi connectivity index (χ3v) is 7.13. The summed E-state index contributed by atoms with van der Waals surface area (Å²) in [5.74, 6) is 1.13. The minimum absolute atomic E-state index is 0.229. The average molecular weight is 541 g/mol. The molecule has 3 aromatic rings. The molecule has 3 aromatic carbocycles. The maximum atomic E-state index is 12.7. The lowest BCUT2D eigenvalue weighted by Crippen LogP contribution is -2.49. The van der Waals surface area contributed by atoms with Gasteiger partial charge in [0.25, 0.3) is 5.91 Å². The molecule has 0 saturated carbocycles. The zero-order valence-electron chi connectivity index (χ0n) is 21.3. The molecule has 1 atom stereocenters. The molecule has 202 valence electrons. The fourth-order valence-electron chi connectivity index (χ4n) is 4.70. The fraction of sp³-hybridized carbons (Fsp3) is 0.357. The molecule has 9 nitrogen and oxygen atoms in total. The number of carbonyl (C=O) groups is 2. The number of hydrogen-bond donors (Lipinski definition) is 4. The number of carbonyl (C=O) groups excluding carboxylic acids is 1. The number of methoxy groups -OCH3 is 1. The van der Waals surface area contributed by atoms with Crippen molar-refractivity contribution in [3.8, 4) is 11.5 Å². The Balaban J connectivity index is 1.26. The molecule has 0 aromatic heterocycles. The van der Waals surface area contributed by atoms with Crippen LogP contribution in [0.3, 0.4) is 0 Å². The second kappa shape index (κ2) is 12.7. The van der Waals surface area contributed by atoms with E-state index in [9.17, 15) is 14.7 Å². The van der Waals surface area contributed by atoms with Gasteiger partial charge in [-0.3, -0.25) is 4.79 Å². The summed E-state index contributed by atoms with van der Waals surface area (Å²) in [7, 11) is 1.48. The number of rotatable bonds is 10. The maximum Gasteiger partial charge on any atom is 0.405 e. The summed E-state index contributed by atoms with van der Waals surface area (Å²) < 4.78 is 11.2. The number of halogens is 1. The Bertz CT molecular complexity index is 1280. The van der Waals surface area contributed by atoms with Gasteiger partial charge >= 0.3 is 6.09 Å². The standard InChI is InChI=1S/C28H33ClN4O5/c1-37-26-14-25(30)24(29)13-23(26)27(34)31-15-18-8-10-33(11-9-18)16-21(32-28(35)36)17-38-22-7-6-19-4-2-3-5-20(19)12-22/h2-7,12-14,18,21,32H,8-11,15-17,30H2,1H3,(H,31,34)(H,35,36). The van der Waals surface area contributed by atoms with Gasteiger partial charge in [-0.25, -0.2) is 4.79 Å². The number of likely N-dealkylation sites (tertiary alicyclic amines) is 1. The predicted molar refractivity (Wildman–Crippen MR) is 148 cm³/mol. The van der Waals surface area contributed by atoms with E-state index in [1.54, 1.807) is 6.07 Å². The van der Waals surface area contributed by atoms with Crippen LogP contribution in [0.15, 0.2) is 54.6 Å². The van der Waals surface area contributed by atoms with E-state index in [1.807, 2.05) is 42.5 Å². The molecule has 1 aliphatic heterocycles. The first-order valence-corrected chi connectivity index (χ1v) is 12.9. The van der Waals surface area contributed by atoms with Gasteiger partial charge in [0.1, 0.15) is 18.1 Å². The van der Waals surface area contributed by atoms with Crippen LogP contribution in [0.1, 0.15) is 23.2 Å². The van der Waals surface area contributed by atoms with Gasteiger partial charge < -0.3 is 35.8 Å². The minimum Gasteiger partial charge on any atom is -0.496 e. The van der Waals surface area contributed by atoms with Crippen LogP contribution >= 0.6 is 11.6 Å². The van der Waals surface area contributed by atoms with Crippen LogP contribution < -0.4 is 25.8 Å². The van der Waals surface area contributed by atoms with E-state index in [-0.39, 0.29) is 18.6 Å². The highest BCUT2D eigenvalue weighted by atomic mass is 35.5. The second-order valence-corrected chi connectivity index (χ2v) is 9.90. The van der Waals surface area contributed by atoms with Gasteiger partial charge in [0.2, 0.25) is 0 Å². The molecule has 0 aliphatic carbocycles. The van der Waals surface area contributed by atoms with Crippen molar-refractivity contribution in [2.24, 2.45) is 5.92 Å². The van der Waals surface area contributed by atoms with Crippen LogP contribution in [-0.4, -0.2) is 67.9 Å².